The number of para-hydroxylation sites is 1. The molecule has 4 aromatic rings. The van der Waals surface area contributed by atoms with E-state index < -0.39 is 0 Å². The maximum Gasteiger partial charge on any atom is 0.275 e. The Hall–Kier alpha value is -2.62. The van der Waals surface area contributed by atoms with Crippen LogP contribution in [0.25, 0.3) is 33.3 Å². The quantitative estimate of drug-likeness (QED) is 0.465. The molecule has 5 rings (SSSR count). The predicted octanol–water partition coefficient (Wildman–Crippen LogP) is 3.51. The van der Waals surface area contributed by atoms with Crippen LogP contribution in [-0.4, -0.2) is 9.78 Å². The zero-order chi connectivity index (χ0) is 15.0. The van der Waals surface area contributed by atoms with Crippen LogP contribution >= 0.6 is 0 Å². The van der Waals surface area contributed by atoms with Crippen LogP contribution in [0.1, 0.15) is 24.4 Å². The Morgan fingerprint density at radius 3 is 2.82 bits per heavy atom. The summed E-state index contributed by atoms with van der Waals surface area (Å²) in [4.78, 5) is 0. The molecule has 0 saturated carbocycles. The minimum Gasteiger partial charge on any atom is -0.456 e. The Morgan fingerprint density at radius 1 is 1.14 bits per heavy atom. The van der Waals surface area contributed by atoms with Gasteiger partial charge < -0.3 is 4.42 Å². The van der Waals surface area contributed by atoms with Gasteiger partial charge in [-0.1, -0.05) is 18.2 Å². The maximum atomic E-state index is 6.04. The van der Waals surface area contributed by atoms with Crippen molar-refractivity contribution in [1.82, 2.24) is 9.78 Å². The number of aromatic nitrogens is 3. The predicted molar refractivity (Wildman–Crippen MR) is 84.7 cm³/mol. The lowest BCUT2D eigenvalue weighted by Crippen LogP contribution is -2.37. The zero-order valence-corrected chi connectivity index (χ0v) is 12.8. The molecule has 0 bridgehead atoms. The van der Waals surface area contributed by atoms with Crippen LogP contribution in [-0.2, 0) is 7.05 Å². The van der Waals surface area contributed by atoms with Gasteiger partial charge in [0.15, 0.2) is 0 Å². The maximum absolute atomic E-state index is 6.04. The fourth-order valence-electron chi connectivity index (χ4n) is 3.86. The van der Waals surface area contributed by atoms with Crippen LogP contribution < -0.4 is 4.57 Å². The largest absolute Gasteiger partial charge is 0.456 e. The molecule has 0 spiro atoms. The number of hydrogen-bond acceptors (Lipinski definition) is 2. The Bertz CT molecular complexity index is 1070. The molecule has 22 heavy (non-hydrogen) atoms. The molecule has 0 radical (unpaired) electrons. The number of benzene rings is 2. The van der Waals surface area contributed by atoms with Gasteiger partial charge in [-0.3, -0.25) is 0 Å². The molecule has 0 N–H and O–H groups in total. The van der Waals surface area contributed by atoms with Gasteiger partial charge in [0.1, 0.15) is 17.2 Å². The highest BCUT2D eigenvalue weighted by atomic mass is 16.3. The van der Waals surface area contributed by atoms with Gasteiger partial charge in [0.05, 0.1) is 12.6 Å². The third-order valence-corrected chi connectivity index (χ3v) is 4.81. The van der Waals surface area contributed by atoms with Crippen molar-refractivity contribution in [2.45, 2.75) is 19.9 Å². The molecule has 1 atom stereocenters. The second-order valence-corrected chi connectivity index (χ2v) is 6.07. The molecule has 2 aromatic carbocycles. The summed E-state index contributed by atoms with van der Waals surface area (Å²) in [5.74, 6) is 2.20. The van der Waals surface area contributed by atoms with Gasteiger partial charge in [0.25, 0.3) is 11.6 Å². The van der Waals surface area contributed by atoms with E-state index in [0.29, 0.717) is 6.04 Å². The number of aryl methyl sites for hydroxylation is 2. The van der Waals surface area contributed by atoms with Crippen LogP contribution in [0.3, 0.4) is 0 Å². The molecule has 0 amide bonds. The zero-order valence-electron chi connectivity index (χ0n) is 12.8. The van der Waals surface area contributed by atoms with Crippen molar-refractivity contribution in [3.8, 4) is 11.4 Å². The van der Waals surface area contributed by atoms with Crippen LogP contribution in [0.5, 0.6) is 0 Å². The molecule has 0 fully saturated rings. The Balaban J connectivity index is 1.92. The first-order chi connectivity index (χ1) is 10.6. The lowest BCUT2D eigenvalue weighted by Gasteiger charge is -2.04. The molecule has 108 valence electrons. The van der Waals surface area contributed by atoms with Gasteiger partial charge in [-0.05, 0) is 25.1 Å². The van der Waals surface area contributed by atoms with Crippen molar-refractivity contribution >= 4 is 21.9 Å². The van der Waals surface area contributed by atoms with E-state index in [0.717, 1.165) is 22.8 Å². The molecular weight excluding hydrogens is 274 g/mol. The number of nitrogens with zero attached hydrogens (tertiary/aromatic N) is 3. The highest BCUT2D eigenvalue weighted by molar-refractivity contribution is 6.06. The average molecular weight is 290 g/mol. The van der Waals surface area contributed by atoms with E-state index in [4.69, 9.17) is 4.42 Å². The van der Waals surface area contributed by atoms with E-state index >= 15 is 0 Å². The molecule has 4 nitrogen and oxygen atoms in total. The van der Waals surface area contributed by atoms with E-state index in [-0.39, 0.29) is 0 Å². The summed E-state index contributed by atoms with van der Waals surface area (Å²) in [6.45, 7) is 4.30. The first kappa shape index (κ1) is 12.0. The first-order valence-electron chi connectivity index (χ1n) is 7.56. The summed E-state index contributed by atoms with van der Waals surface area (Å²) in [5.41, 5.74) is 4.46. The van der Waals surface area contributed by atoms with Crippen molar-refractivity contribution in [1.29, 1.82) is 0 Å². The van der Waals surface area contributed by atoms with Crippen LogP contribution in [0.2, 0.25) is 0 Å². The molecule has 1 unspecified atom stereocenters. The highest BCUT2D eigenvalue weighted by Crippen LogP contribution is 2.39. The van der Waals surface area contributed by atoms with Crippen molar-refractivity contribution < 1.29 is 8.98 Å². The summed E-state index contributed by atoms with van der Waals surface area (Å²) >= 11 is 0. The third-order valence-electron chi connectivity index (χ3n) is 4.81. The minimum absolute atomic E-state index is 0.303. The van der Waals surface area contributed by atoms with Crippen LogP contribution in [0.4, 0.5) is 0 Å². The summed E-state index contributed by atoms with van der Waals surface area (Å²) in [7, 11) is 2.00. The SMILES string of the molecule is Cc1nn(C)c2[n+]1C(C)c1cc3c(cc1-2)oc1ccccc13. The van der Waals surface area contributed by atoms with Crippen molar-refractivity contribution in [3.63, 3.8) is 0 Å². The lowest BCUT2D eigenvalue weighted by atomic mass is 10.0. The second-order valence-electron chi connectivity index (χ2n) is 6.07. The van der Waals surface area contributed by atoms with Gasteiger partial charge in [0.2, 0.25) is 0 Å². The normalized spacial score (nSPS) is 16.4. The Labute approximate surface area is 127 Å². The number of fused-ring (bicyclic) bond motifs is 6. The first-order valence-corrected chi connectivity index (χ1v) is 7.56. The molecule has 0 saturated heterocycles. The van der Waals surface area contributed by atoms with Crippen molar-refractivity contribution in [2.75, 3.05) is 0 Å². The molecule has 1 aliphatic rings. The molecule has 3 heterocycles. The summed E-state index contributed by atoms with van der Waals surface area (Å²) in [6, 6.07) is 13.0. The molecule has 2 aromatic heterocycles. The van der Waals surface area contributed by atoms with Gasteiger partial charge >= 0.3 is 0 Å². The lowest BCUT2D eigenvalue weighted by molar-refractivity contribution is -0.700. The van der Waals surface area contributed by atoms with Crippen molar-refractivity contribution in [3.05, 3.63) is 47.8 Å². The molecule has 1 aliphatic heterocycles. The topological polar surface area (TPSA) is 34.8 Å². The van der Waals surface area contributed by atoms with Gasteiger partial charge in [-0.15, -0.1) is 4.68 Å². The standard InChI is InChI=1S/C18H16N3O/c1-10-13-8-14-12-6-4-5-7-16(12)22-17(14)9-15(13)18-20(3)19-11(2)21(10)18/h4-10H,1-3H3/q+1. The fourth-order valence-corrected chi connectivity index (χ4v) is 3.86. The summed E-state index contributed by atoms with van der Waals surface area (Å²) < 4.78 is 10.3. The summed E-state index contributed by atoms with van der Waals surface area (Å²) in [5, 5.41) is 6.93. The number of hydrogen-bond donors (Lipinski definition) is 0. The van der Waals surface area contributed by atoms with E-state index in [1.54, 1.807) is 0 Å². The second kappa shape index (κ2) is 3.77. The Morgan fingerprint density at radius 2 is 1.95 bits per heavy atom. The number of furan rings is 1. The van der Waals surface area contributed by atoms with E-state index in [1.165, 1.54) is 21.9 Å². The fraction of sp³-hybridized carbons (Fsp3) is 0.222. The van der Waals surface area contributed by atoms with E-state index in [1.807, 2.05) is 23.9 Å². The Kier molecular flexibility index (Phi) is 2.05. The highest BCUT2D eigenvalue weighted by Gasteiger charge is 2.37. The van der Waals surface area contributed by atoms with Crippen LogP contribution in [0.15, 0.2) is 40.8 Å². The van der Waals surface area contributed by atoms with Gasteiger partial charge in [0, 0.05) is 28.4 Å². The van der Waals surface area contributed by atoms with Gasteiger partial charge in [-0.2, -0.15) is 0 Å². The number of rotatable bonds is 0. The van der Waals surface area contributed by atoms with E-state index in [2.05, 4.69) is 47.8 Å². The average Bonchev–Trinajstić information content (AvgIpc) is 3.10. The third kappa shape index (κ3) is 1.28. The van der Waals surface area contributed by atoms with Crippen molar-refractivity contribution in [2.24, 2.45) is 7.05 Å². The molecule has 0 aliphatic carbocycles. The monoisotopic (exact) mass is 290 g/mol. The smallest absolute Gasteiger partial charge is 0.275 e. The van der Waals surface area contributed by atoms with Crippen LogP contribution in [0, 0.1) is 6.92 Å². The summed E-state index contributed by atoms with van der Waals surface area (Å²) in [6.07, 6.45) is 0. The molecular formula is C18H16N3O+. The van der Waals surface area contributed by atoms with E-state index in [9.17, 15) is 0 Å². The van der Waals surface area contributed by atoms with Gasteiger partial charge in [-0.25, -0.2) is 4.57 Å². The molecule has 4 heteroatoms. The minimum atomic E-state index is 0.303.